The van der Waals surface area contributed by atoms with Crippen molar-refractivity contribution in [3.63, 3.8) is 0 Å². The van der Waals surface area contributed by atoms with Crippen molar-refractivity contribution in [1.29, 1.82) is 0 Å². The zero-order chi connectivity index (χ0) is 22.5. The molecular weight excluding hydrogens is 508 g/mol. The van der Waals surface area contributed by atoms with Gasteiger partial charge in [0.2, 0.25) is 0 Å². The van der Waals surface area contributed by atoms with Gasteiger partial charge >= 0.3 is 0 Å². The van der Waals surface area contributed by atoms with E-state index in [-0.39, 0.29) is 16.9 Å². The van der Waals surface area contributed by atoms with Crippen LogP contribution in [0.3, 0.4) is 0 Å². The molecule has 1 heterocycles. The maximum absolute atomic E-state index is 13.2. The summed E-state index contributed by atoms with van der Waals surface area (Å²) in [5.41, 5.74) is 4.38. The second kappa shape index (κ2) is 8.25. The Labute approximate surface area is 201 Å². The van der Waals surface area contributed by atoms with Crippen molar-refractivity contribution in [2.45, 2.75) is 30.2 Å². The lowest BCUT2D eigenvalue weighted by Gasteiger charge is -2.38. The summed E-state index contributed by atoms with van der Waals surface area (Å²) in [5, 5.41) is 4.19. The van der Waals surface area contributed by atoms with Gasteiger partial charge in [0.05, 0.1) is 16.6 Å². The fraction of sp³-hybridized carbons (Fsp3) is 0.200. The molecule has 0 amide bonds. The monoisotopic (exact) mass is 528 g/mol. The molecule has 0 aromatic heterocycles. The lowest BCUT2D eigenvalue weighted by molar-refractivity contribution is 0.424. The minimum absolute atomic E-state index is 0.146. The van der Waals surface area contributed by atoms with Gasteiger partial charge in [0.25, 0.3) is 10.0 Å². The molecule has 3 aromatic rings. The van der Waals surface area contributed by atoms with E-state index in [9.17, 15) is 8.42 Å². The Morgan fingerprint density at radius 1 is 1.06 bits per heavy atom. The molecule has 0 radical (unpaired) electrons. The van der Waals surface area contributed by atoms with E-state index in [4.69, 9.17) is 11.6 Å². The van der Waals surface area contributed by atoms with Gasteiger partial charge in [-0.25, -0.2) is 8.42 Å². The van der Waals surface area contributed by atoms with Crippen LogP contribution >= 0.6 is 27.5 Å². The van der Waals surface area contributed by atoms with Crippen LogP contribution in [0.2, 0.25) is 5.02 Å². The Hall–Kier alpha value is -2.28. The summed E-state index contributed by atoms with van der Waals surface area (Å²) in [5.74, 6) is 0.480. The summed E-state index contributed by atoms with van der Waals surface area (Å²) in [4.78, 5) is 0.246. The SMILES string of the molecule is Cc1c(Cl)cccc1NS(=O)(=O)c1ccc2c(c1)[C@@H]1C=CC[C@@H]1[C@@H](c1ccccc1Br)N2. The first-order valence-electron chi connectivity index (χ1n) is 10.4. The Morgan fingerprint density at radius 2 is 1.88 bits per heavy atom. The lowest BCUT2D eigenvalue weighted by atomic mass is 9.77. The van der Waals surface area contributed by atoms with Gasteiger partial charge in [0.15, 0.2) is 0 Å². The van der Waals surface area contributed by atoms with E-state index in [1.807, 2.05) is 18.2 Å². The van der Waals surface area contributed by atoms with Gasteiger partial charge in [0, 0.05) is 21.1 Å². The van der Waals surface area contributed by atoms with Gasteiger partial charge < -0.3 is 5.32 Å². The smallest absolute Gasteiger partial charge is 0.261 e. The van der Waals surface area contributed by atoms with Crippen LogP contribution < -0.4 is 10.0 Å². The average Bonchev–Trinajstić information content (AvgIpc) is 3.27. The number of sulfonamides is 1. The Morgan fingerprint density at radius 3 is 2.69 bits per heavy atom. The predicted molar refractivity (Wildman–Crippen MR) is 134 cm³/mol. The molecule has 0 saturated heterocycles. The van der Waals surface area contributed by atoms with Crippen LogP contribution in [0.5, 0.6) is 0 Å². The molecular formula is C25H22BrClN2O2S. The zero-order valence-corrected chi connectivity index (χ0v) is 20.5. The number of hydrogen-bond donors (Lipinski definition) is 2. The maximum Gasteiger partial charge on any atom is 0.261 e. The van der Waals surface area contributed by atoms with Crippen LogP contribution in [0.25, 0.3) is 0 Å². The fourth-order valence-corrected chi connectivity index (χ4v) is 6.56. The molecule has 0 spiro atoms. The number of nitrogens with one attached hydrogen (secondary N) is 2. The topological polar surface area (TPSA) is 58.2 Å². The van der Waals surface area contributed by atoms with Gasteiger partial charge in [-0.2, -0.15) is 0 Å². The summed E-state index contributed by atoms with van der Waals surface area (Å²) >= 11 is 9.86. The predicted octanol–water partition coefficient (Wildman–Crippen LogP) is 7.04. The molecule has 32 heavy (non-hydrogen) atoms. The average molecular weight is 530 g/mol. The molecule has 4 nitrogen and oxygen atoms in total. The van der Waals surface area contributed by atoms with E-state index < -0.39 is 10.0 Å². The summed E-state index contributed by atoms with van der Waals surface area (Å²) in [6.45, 7) is 1.80. The van der Waals surface area contributed by atoms with E-state index in [1.165, 1.54) is 5.56 Å². The van der Waals surface area contributed by atoms with Crippen LogP contribution in [-0.4, -0.2) is 8.42 Å². The van der Waals surface area contributed by atoms with Gasteiger partial charge in [0.1, 0.15) is 0 Å². The molecule has 0 fully saturated rings. The second-order valence-corrected chi connectivity index (χ2v) is 11.2. The first-order valence-corrected chi connectivity index (χ1v) is 13.1. The molecule has 0 unspecified atom stereocenters. The first kappa shape index (κ1) is 21.6. The third-order valence-corrected chi connectivity index (χ3v) is 8.89. The Kier molecular flexibility index (Phi) is 5.56. The normalized spacial score (nSPS) is 21.5. The quantitative estimate of drug-likeness (QED) is 0.356. The number of hydrogen-bond acceptors (Lipinski definition) is 3. The molecule has 1 aliphatic heterocycles. The molecule has 1 aliphatic carbocycles. The van der Waals surface area contributed by atoms with Crippen molar-refractivity contribution in [3.8, 4) is 0 Å². The molecule has 7 heteroatoms. The molecule has 2 N–H and O–H groups in total. The third kappa shape index (κ3) is 3.74. The van der Waals surface area contributed by atoms with Crippen molar-refractivity contribution in [2.24, 2.45) is 5.92 Å². The number of benzene rings is 3. The summed E-state index contributed by atoms with van der Waals surface area (Å²) in [6, 6.07) is 18.9. The molecule has 5 rings (SSSR count). The maximum atomic E-state index is 13.2. The van der Waals surface area contributed by atoms with Crippen LogP contribution in [0.1, 0.15) is 35.1 Å². The summed E-state index contributed by atoms with van der Waals surface area (Å²) in [7, 11) is -3.76. The highest BCUT2D eigenvalue weighted by atomic mass is 79.9. The number of halogens is 2. The fourth-order valence-electron chi connectivity index (χ4n) is 4.70. The molecule has 164 valence electrons. The highest BCUT2D eigenvalue weighted by Crippen LogP contribution is 2.51. The van der Waals surface area contributed by atoms with E-state index in [0.29, 0.717) is 22.2 Å². The number of fused-ring (bicyclic) bond motifs is 3. The van der Waals surface area contributed by atoms with Gasteiger partial charge in [-0.15, -0.1) is 0 Å². The van der Waals surface area contributed by atoms with E-state index in [1.54, 1.807) is 37.3 Å². The van der Waals surface area contributed by atoms with E-state index in [2.05, 4.69) is 50.3 Å². The Bertz CT molecular complexity index is 1340. The van der Waals surface area contributed by atoms with Gasteiger partial charge in [-0.3, -0.25) is 4.72 Å². The van der Waals surface area contributed by atoms with Crippen LogP contribution in [0.15, 0.2) is 82.2 Å². The molecule has 0 bridgehead atoms. The van der Waals surface area contributed by atoms with Crippen molar-refractivity contribution in [2.75, 3.05) is 10.0 Å². The molecule has 3 atom stereocenters. The summed E-state index contributed by atoms with van der Waals surface area (Å²) < 4.78 is 30.1. The van der Waals surface area contributed by atoms with Crippen LogP contribution in [0, 0.1) is 12.8 Å². The minimum Gasteiger partial charge on any atom is -0.378 e. The first-order chi connectivity index (χ1) is 15.3. The zero-order valence-electron chi connectivity index (χ0n) is 17.3. The number of rotatable bonds is 4. The minimum atomic E-state index is -3.76. The standard InChI is InChI=1S/C25H22BrClN2O2S/c1-15-22(27)10-5-11-23(15)29-32(30,31)16-12-13-24-20(14-16)17-7-4-8-18(17)25(28-24)19-6-2-3-9-21(19)26/h2-7,9-14,17-18,25,28-29H,8H2,1H3/t17-,18+,25+/m1/s1. The van der Waals surface area contributed by atoms with Crippen molar-refractivity contribution in [3.05, 3.63) is 99.0 Å². The third-order valence-electron chi connectivity index (χ3n) is 6.40. The summed E-state index contributed by atoms with van der Waals surface area (Å²) in [6.07, 6.45) is 5.35. The van der Waals surface area contributed by atoms with Crippen LogP contribution in [0.4, 0.5) is 11.4 Å². The van der Waals surface area contributed by atoms with E-state index >= 15 is 0 Å². The van der Waals surface area contributed by atoms with Crippen molar-refractivity contribution < 1.29 is 8.42 Å². The number of allylic oxidation sites excluding steroid dienone is 2. The van der Waals surface area contributed by atoms with Gasteiger partial charge in [-0.05, 0) is 72.4 Å². The second-order valence-electron chi connectivity index (χ2n) is 8.26. The number of anilines is 2. The van der Waals surface area contributed by atoms with Crippen LogP contribution in [-0.2, 0) is 10.0 Å². The lowest BCUT2D eigenvalue weighted by Crippen LogP contribution is -2.29. The molecule has 3 aromatic carbocycles. The van der Waals surface area contributed by atoms with Crippen molar-refractivity contribution >= 4 is 48.9 Å². The van der Waals surface area contributed by atoms with E-state index in [0.717, 1.165) is 22.1 Å². The highest BCUT2D eigenvalue weighted by Gasteiger charge is 2.39. The highest BCUT2D eigenvalue weighted by molar-refractivity contribution is 9.10. The molecule has 2 aliphatic rings. The molecule has 0 saturated carbocycles. The largest absolute Gasteiger partial charge is 0.378 e. The van der Waals surface area contributed by atoms with Crippen molar-refractivity contribution in [1.82, 2.24) is 0 Å². The Balaban J connectivity index is 1.51. The van der Waals surface area contributed by atoms with Gasteiger partial charge in [-0.1, -0.05) is 63.9 Å².